The minimum Gasteiger partial charge on any atom is -0.459 e. The van der Waals surface area contributed by atoms with E-state index in [-0.39, 0.29) is 23.3 Å². The first kappa shape index (κ1) is 20.4. The predicted molar refractivity (Wildman–Crippen MR) is 117 cm³/mol. The summed E-state index contributed by atoms with van der Waals surface area (Å²) in [5, 5.41) is 14.5. The standard InChI is InChI=1S/C21H18N6O3S/c1-27-19(14-5-3-9-22-12-14)25-26-21(27)31-13-18(28)23-15-6-2-7-16(11-15)24-20(29)17-8-4-10-30-17/h2-12H,13H2,1H3,(H,23,28)(H,24,29). The minimum atomic E-state index is -0.365. The number of amides is 2. The molecule has 3 aromatic heterocycles. The average Bonchev–Trinajstić information content (AvgIpc) is 3.43. The van der Waals surface area contributed by atoms with E-state index in [1.165, 1.54) is 18.0 Å². The molecule has 10 heteroatoms. The van der Waals surface area contributed by atoms with Gasteiger partial charge in [-0.05, 0) is 42.5 Å². The summed E-state index contributed by atoms with van der Waals surface area (Å²) >= 11 is 1.28. The van der Waals surface area contributed by atoms with Gasteiger partial charge in [0.2, 0.25) is 5.91 Å². The monoisotopic (exact) mass is 434 g/mol. The van der Waals surface area contributed by atoms with Gasteiger partial charge in [-0.2, -0.15) is 0 Å². The number of anilines is 2. The summed E-state index contributed by atoms with van der Waals surface area (Å²) < 4.78 is 6.89. The molecule has 3 heterocycles. The van der Waals surface area contributed by atoms with Gasteiger partial charge in [0.1, 0.15) is 0 Å². The van der Waals surface area contributed by atoms with E-state index in [1.54, 1.807) is 48.8 Å². The lowest BCUT2D eigenvalue weighted by molar-refractivity contribution is -0.113. The summed E-state index contributed by atoms with van der Waals surface area (Å²) in [5.74, 6) is 0.472. The second-order valence-electron chi connectivity index (χ2n) is 6.46. The Morgan fingerprint density at radius 1 is 1.06 bits per heavy atom. The van der Waals surface area contributed by atoms with Crippen LogP contribution in [0, 0.1) is 0 Å². The molecule has 0 radical (unpaired) electrons. The highest BCUT2D eigenvalue weighted by Gasteiger charge is 2.14. The number of pyridine rings is 1. The summed E-state index contributed by atoms with van der Waals surface area (Å²) in [5.41, 5.74) is 1.96. The molecular formula is C21H18N6O3S. The fraction of sp³-hybridized carbons (Fsp3) is 0.0952. The lowest BCUT2D eigenvalue weighted by Gasteiger charge is -2.08. The molecule has 4 aromatic rings. The van der Waals surface area contributed by atoms with Crippen molar-refractivity contribution in [2.24, 2.45) is 7.05 Å². The highest BCUT2D eigenvalue weighted by molar-refractivity contribution is 7.99. The summed E-state index contributed by atoms with van der Waals surface area (Å²) in [6.07, 6.45) is 4.83. The zero-order chi connectivity index (χ0) is 21.6. The Hall–Kier alpha value is -3.92. The molecular weight excluding hydrogens is 416 g/mol. The van der Waals surface area contributed by atoms with E-state index in [1.807, 2.05) is 23.7 Å². The first-order valence-electron chi connectivity index (χ1n) is 9.27. The van der Waals surface area contributed by atoms with Crippen molar-refractivity contribution in [2.45, 2.75) is 5.16 Å². The number of thioether (sulfide) groups is 1. The molecule has 0 aliphatic heterocycles. The van der Waals surface area contributed by atoms with Crippen molar-refractivity contribution in [3.8, 4) is 11.4 Å². The highest BCUT2D eigenvalue weighted by atomic mass is 32.2. The summed E-state index contributed by atoms with van der Waals surface area (Å²) in [6, 6.07) is 13.8. The molecule has 0 fully saturated rings. The third-order valence-corrected chi connectivity index (χ3v) is 5.26. The Morgan fingerprint density at radius 3 is 2.65 bits per heavy atom. The van der Waals surface area contributed by atoms with Gasteiger partial charge in [0.05, 0.1) is 12.0 Å². The fourth-order valence-corrected chi connectivity index (χ4v) is 3.50. The van der Waals surface area contributed by atoms with Crippen molar-refractivity contribution < 1.29 is 14.0 Å². The summed E-state index contributed by atoms with van der Waals surface area (Å²) in [7, 11) is 1.84. The molecule has 0 unspecified atom stereocenters. The zero-order valence-electron chi connectivity index (χ0n) is 16.5. The maximum atomic E-state index is 12.4. The van der Waals surface area contributed by atoms with Crippen LogP contribution in [0.1, 0.15) is 10.6 Å². The van der Waals surface area contributed by atoms with E-state index in [2.05, 4.69) is 25.8 Å². The number of benzene rings is 1. The van der Waals surface area contributed by atoms with Gasteiger partial charge >= 0.3 is 0 Å². The van der Waals surface area contributed by atoms with Crippen LogP contribution in [-0.2, 0) is 11.8 Å². The SMILES string of the molecule is Cn1c(SCC(=O)Nc2cccc(NC(=O)c3ccco3)c2)nnc1-c1cccnc1. The fourth-order valence-electron chi connectivity index (χ4n) is 2.79. The van der Waals surface area contributed by atoms with Crippen LogP contribution in [0.5, 0.6) is 0 Å². The van der Waals surface area contributed by atoms with Crippen molar-refractivity contribution in [3.05, 3.63) is 72.9 Å². The van der Waals surface area contributed by atoms with Gasteiger partial charge in [0.25, 0.3) is 5.91 Å². The number of aromatic nitrogens is 4. The van der Waals surface area contributed by atoms with Gasteiger partial charge < -0.3 is 19.6 Å². The van der Waals surface area contributed by atoms with Crippen LogP contribution in [0.3, 0.4) is 0 Å². The predicted octanol–water partition coefficient (Wildman–Crippen LogP) is 3.45. The van der Waals surface area contributed by atoms with Crippen molar-refractivity contribution in [1.82, 2.24) is 19.7 Å². The molecule has 4 rings (SSSR count). The van der Waals surface area contributed by atoms with E-state index < -0.39 is 0 Å². The molecule has 31 heavy (non-hydrogen) atoms. The Kier molecular flexibility index (Phi) is 6.08. The molecule has 9 nitrogen and oxygen atoms in total. The van der Waals surface area contributed by atoms with E-state index >= 15 is 0 Å². The first-order valence-corrected chi connectivity index (χ1v) is 10.3. The average molecular weight is 434 g/mol. The van der Waals surface area contributed by atoms with E-state index in [0.29, 0.717) is 22.4 Å². The highest BCUT2D eigenvalue weighted by Crippen LogP contribution is 2.22. The van der Waals surface area contributed by atoms with Crippen molar-refractivity contribution >= 4 is 35.0 Å². The van der Waals surface area contributed by atoms with Crippen LogP contribution in [0.4, 0.5) is 11.4 Å². The van der Waals surface area contributed by atoms with Gasteiger partial charge in [-0.25, -0.2) is 0 Å². The molecule has 0 atom stereocenters. The molecule has 0 bridgehead atoms. The van der Waals surface area contributed by atoms with Crippen LogP contribution in [-0.4, -0.2) is 37.3 Å². The van der Waals surface area contributed by atoms with Gasteiger partial charge in [0, 0.05) is 36.4 Å². The van der Waals surface area contributed by atoms with Crippen molar-refractivity contribution in [2.75, 3.05) is 16.4 Å². The van der Waals surface area contributed by atoms with Crippen LogP contribution < -0.4 is 10.6 Å². The number of nitrogens with zero attached hydrogens (tertiary/aromatic N) is 4. The van der Waals surface area contributed by atoms with Gasteiger partial charge in [-0.1, -0.05) is 17.8 Å². The molecule has 1 aromatic carbocycles. The third-order valence-electron chi connectivity index (χ3n) is 4.24. The Labute approximate surface area is 181 Å². The topological polar surface area (TPSA) is 115 Å². The Bertz CT molecular complexity index is 1190. The smallest absolute Gasteiger partial charge is 0.291 e. The number of nitrogens with one attached hydrogen (secondary N) is 2. The van der Waals surface area contributed by atoms with E-state index in [9.17, 15) is 9.59 Å². The normalized spacial score (nSPS) is 10.6. The number of hydrogen-bond donors (Lipinski definition) is 2. The number of carbonyl (C=O) groups excluding carboxylic acids is 2. The van der Waals surface area contributed by atoms with Gasteiger partial charge in [0.15, 0.2) is 16.7 Å². The largest absolute Gasteiger partial charge is 0.459 e. The molecule has 2 amide bonds. The van der Waals surface area contributed by atoms with Crippen LogP contribution in [0.2, 0.25) is 0 Å². The molecule has 0 aliphatic carbocycles. The number of furan rings is 1. The van der Waals surface area contributed by atoms with Crippen molar-refractivity contribution in [1.29, 1.82) is 0 Å². The number of carbonyl (C=O) groups is 2. The second-order valence-corrected chi connectivity index (χ2v) is 7.40. The third kappa shape index (κ3) is 4.98. The molecule has 0 spiro atoms. The van der Waals surface area contributed by atoms with Gasteiger partial charge in [-0.15, -0.1) is 10.2 Å². The quantitative estimate of drug-likeness (QED) is 0.428. The molecule has 0 saturated heterocycles. The Balaban J connectivity index is 1.34. The number of hydrogen-bond acceptors (Lipinski definition) is 7. The first-order chi connectivity index (χ1) is 15.1. The lowest BCUT2D eigenvalue weighted by Crippen LogP contribution is -2.15. The van der Waals surface area contributed by atoms with Gasteiger partial charge in [-0.3, -0.25) is 14.6 Å². The van der Waals surface area contributed by atoms with Crippen LogP contribution in [0.15, 0.2) is 76.8 Å². The lowest BCUT2D eigenvalue weighted by atomic mass is 10.2. The van der Waals surface area contributed by atoms with E-state index in [4.69, 9.17) is 4.42 Å². The molecule has 0 aliphatic rings. The molecule has 156 valence electrons. The van der Waals surface area contributed by atoms with Crippen molar-refractivity contribution in [3.63, 3.8) is 0 Å². The second kappa shape index (κ2) is 9.26. The molecule has 2 N–H and O–H groups in total. The number of rotatable bonds is 7. The maximum absolute atomic E-state index is 12.4. The van der Waals surface area contributed by atoms with Crippen LogP contribution in [0.25, 0.3) is 11.4 Å². The zero-order valence-corrected chi connectivity index (χ0v) is 17.3. The van der Waals surface area contributed by atoms with Crippen LogP contribution >= 0.6 is 11.8 Å². The van der Waals surface area contributed by atoms with E-state index in [0.717, 1.165) is 5.56 Å². The minimum absolute atomic E-state index is 0.155. The molecule has 0 saturated carbocycles. The maximum Gasteiger partial charge on any atom is 0.291 e. The summed E-state index contributed by atoms with van der Waals surface area (Å²) in [6.45, 7) is 0. The Morgan fingerprint density at radius 2 is 1.90 bits per heavy atom. The summed E-state index contributed by atoms with van der Waals surface area (Å²) in [4.78, 5) is 28.6.